The summed E-state index contributed by atoms with van der Waals surface area (Å²) in [6, 6.07) is 19.4. The van der Waals surface area contributed by atoms with Gasteiger partial charge in [0, 0.05) is 11.6 Å². The third kappa shape index (κ3) is 4.68. The van der Waals surface area contributed by atoms with Gasteiger partial charge in [-0.15, -0.1) is 0 Å². The summed E-state index contributed by atoms with van der Waals surface area (Å²) < 4.78 is 45.6. The van der Waals surface area contributed by atoms with E-state index in [4.69, 9.17) is 14.2 Å². The Balaban J connectivity index is 1.75. The Kier molecular flexibility index (Phi) is 6.08. The van der Waals surface area contributed by atoms with E-state index < -0.39 is 15.6 Å². The highest BCUT2D eigenvalue weighted by molar-refractivity contribution is 7.92. The van der Waals surface area contributed by atoms with Crippen molar-refractivity contribution in [2.24, 2.45) is 0 Å². The van der Waals surface area contributed by atoms with Crippen molar-refractivity contribution >= 4 is 21.8 Å². The molecule has 3 aromatic carbocycles. The van der Waals surface area contributed by atoms with Gasteiger partial charge >= 0.3 is 0 Å². The van der Waals surface area contributed by atoms with Crippen LogP contribution >= 0.6 is 0 Å². The Bertz CT molecular complexity index is 1280. The number of hydrogen-bond acceptors (Lipinski definition) is 5. The molecule has 0 fully saturated rings. The molecule has 33 heavy (non-hydrogen) atoms. The second-order valence-electron chi connectivity index (χ2n) is 8.28. The summed E-state index contributed by atoms with van der Waals surface area (Å²) in [5, 5.41) is 0. The van der Waals surface area contributed by atoms with Gasteiger partial charge in [-0.05, 0) is 55.8 Å². The molecule has 6 nitrogen and oxygen atoms in total. The van der Waals surface area contributed by atoms with E-state index in [1.165, 1.54) is 30.7 Å². The summed E-state index contributed by atoms with van der Waals surface area (Å²) in [7, 11) is -0.922. The van der Waals surface area contributed by atoms with Crippen molar-refractivity contribution in [3.8, 4) is 17.2 Å². The number of rotatable bonds is 7. The largest absolute Gasteiger partial charge is 0.493 e. The van der Waals surface area contributed by atoms with Crippen LogP contribution in [0.3, 0.4) is 0 Å². The smallest absolute Gasteiger partial charge is 0.264 e. The molecule has 0 saturated heterocycles. The summed E-state index contributed by atoms with van der Waals surface area (Å²) in [6.07, 6.45) is 4.03. The molecule has 4 rings (SSSR count). The molecule has 0 aromatic heterocycles. The molecule has 1 aliphatic heterocycles. The van der Waals surface area contributed by atoms with E-state index in [2.05, 4.69) is 0 Å². The molecule has 0 atom stereocenters. The van der Waals surface area contributed by atoms with Crippen molar-refractivity contribution in [3.05, 3.63) is 83.9 Å². The van der Waals surface area contributed by atoms with Gasteiger partial charge in [0.1, 0.15) is 11.4 Å². The first-order valence-electron chi connectivity index (χ1n) is 10.5. The molecule has 1 heterocycles. The van der Waals surface area contributed by atoms with E-state index >= 15 is 0 Å². The Labute approximate surface area is 195 Å². The molecule has 0 unspecified atom stereocenters. The maximum absolute atomic E-state index is 13.8. The summed E-state index contributed by atoms with van der Waals surface area (Å²) >= 11 is 0. The highest BCUT2D eigenvalue weighted by Crippen LogP contribution is 2.35. The number of fused-ring (bicyclic) bond motifs is 1. The first kappa shape index (κ1) is 22.7. The van der Waals surface area contributed by atoms with Crippen LogP contribution in [0.1, 0.15) is 25.0 Å². The van der Waals surface area contributed by atoms with Gasteiger partial charge in [0.15, 0.2) is 11.5 Å². The van der Waals surface area contributed by atoms with Crippen LogP contribution in [0.2, 0.25) is 0 Å². The SMILES string of the molecule is COc1ccc(S(=O)(=O)N(Cc2ccc3c(c2)OC(C)(C)C=C3)c2ccccc2)cc1OC. The van der Waals surface area contributed by atoms with Crippen LogP contribution in [0.5, 0.6) is 17.2 Å². The molecule has 0 spiro atoms. The zero-order valence-corrected chi connectivity index (χ0v) is 19.9. The van der Waals surface area contributed by atoms with Crippen LogP contribution in [0.15, 0.2) is 77.7 Å². The molecule has 0 saturated carbocycles. The van der Waals surface area contributed by atoms with E-state index in [0.29, 0.717) is 17.2 Å². The first-order chi connectivity index (χ1) is 15.7. The number of benzene rings is 3. The Morgan fingerprint density at radius 1 is 0.909 bits per heavy atom. The average molecular weight is 466 g/mol. The van der Waals surface area contributed by atoms with E-state index in [9.17, 15) is 8.42 Å². The normalized spacial score (nSPS) is 14.2. The number of methoxy groups -OCH3 is 2. The van der Waals surface area contributed by atoms with Gasteiger partial charge in [0.05, 0.1) is 31.3 Å². The van der Waals surface area contributed by atoms with Crippen molar-refractivity contribution < 1.29 is 22.6 Å². The lowest BCUT2D eigenvalue weighted by atomic mass is 10.0. The van der Waals surface area contributed by atoms with Gasteiger partial charge in [-0.25, -0.2) is 8.42 Å². The quantitative estimate of drug-likeness (QED) is 0.475. The maximum atomic E-state index is 13.8. The van der Waals surface area contributed by atoms with Crippen molar-refractivity contribution in [1.29, 1.82) is 0 Å². The maximum Gasteiger partial charge on any atom is 0.264 e. The summed E-state index contributed by atoms with van der Waals surface area (Å²) in [5.41, 5.74) is 1.92. The number of nitrogens with zero attached hydrogens (tertiary/aromatic N) is 1. The van der Waals surface area contributed by atoms with E-state index in [-0.39, 0.29) is 11.4 Å². The molecule has 3 aromatic rings. The van der Waals surface area contributed by atoms with Crippen molar-refractivity contribution in [1.82, 2.24) is 0 Å². The Hall–Kier alpha value is -3.45. The highest BCUT2D eigenvalue weighted by Gasteiger charge is 2.28. The molecule has 0 aliphatic carbocycles. The standard InChI is InChI=1S/C26H27NO5S/c1-26(2)15-14-20-11-10-19(16-24(20)32-26)18-27(21-8-6-5-7-9-21)33(28,29)22-12-13-23(30-3)25(17-22)31-4/h5-17H,18H2,1-4H3. The van der Waals surface area contributed by atoms with Gasteiger partial charge in [-0.3, -0.25) is 4.31 Å². The fraction of sp³-hybridized carbons (Fsp3) is 0.231. The van der Waals surface area contributed by atoms with Crippen molar-refractivity contribution in [2.45, 2.75) is 30.9 Å². The monoisotopic (exact) mass is 465 g/mol. The molecule has 1 aliphatic rings. The van der Waals surface area contributed by atoms with Crippen LogP contribution in [0, 0.1) is 0 Å². The Morgan fingerprint density at radius 2 is 1.64 bits per heavy atom. The fourth-order valence-electron chi connectivity index (χ4n) is 3.69. The van der Waals surface area contributed by atoms with Gasteiger partial charge in [-0.2, -0.15) is 0 Å². The van der Waals surface area contributed by atoms with Crippen molar-refractivity contribution in [3.63, 3.8) is 0 Å². The minimum Gasteiger partial charge on any atom is -0.493 e. The number of sulfonamides is 1. The van der Waals surface area contributed by atoms with E-state index in [1.54, 1.807) is 18.2 Å². The van der Waals surface area contributed by atoms with E-state index in [0.717, 1.165) is 16.9 Å². The summed E-state index contributed by atoms with van der Waals surface area (Å²) in [5.74, 6) is 1.55. The third-order valence-corrected chi connectivity index (χ3v) is 7.20. The molecule has 0 radical (unpaired) electrons. The molecule has 0 bridgehead atoms. The van der Waals surface area contributed by atoms with Gasteiger partial charge in [0.2, 0.25) is 0 Å². The van der Waals surface area contributed by atoms with Crippen molar-refractivity contribution in [2.75, 3.05) is 18.5 Å². The molecule has 7 heteroatoms. The number of hydrogen-bond donors (Lipinski definition) is 0. The minimum absolute atomic E-state index is 0.113. The lowest BCUT2D eigenvalue weighted by Gasteiger charge is -2.29. The van der Waals surface area contributed by atoms with Crippen LogP contribution in [0.4, 0.5) is 5.69 Å². The van der Waals surface area contributed by atoms with E-state index in [1.807, 2.05) is 62.4 Å². The van der Waals surface area contributed by atoms with Gasteiger partial charge < -0.3 is 14.2 Å². The zero-order valence-electron chi connectivity index (χ0n) is 19.1. The zero-order chi connectivity index (χ0) is 23.6. The first-order valence-corrected chi connectivity index (χ1v) is 12.0. The number of anilines is 1. The van der Waals surface area contributed by atoms with Gasteiger partial charge in [0.25, 0.3) is 10.0 Å². The molecular formula is C26H27NO5S. The fourth-order valence-corrected chi connectivity index (χ4v) is 5.16. The topological polar surface area (TPSA) is 65.1 Å². The second kappa shape index (κ2) is 8.83. The summed E-state index contributed by atoms with van der Waals surface area (Å²) in [4.78, 5) is 0.113. The Morgan fingerprint density at radius 3 is 2.33 bits per heavy atom. The second-order valence-corrected chi connectivity index (χ2v) is 10.1. The molecule has 0 N–H and O–H groups in total. The minimum atomic E-state index is -3.91. The average Bonchev–Trinajstić information content (AvgIpc) is 2.81. The number of para-hydroxylation sites is 1. The predicted molar refractivity (Wildman–Crippen MR) is 130 cm³/mol. The van der Waals surface area contributed by atoms with Crippen LogP contribution in [-0.2, 0) is 16.6 Å². The van der Waals surface area contributed by atoms with Crippen LogP contribution in [-0.4, -0.2) is 28.2 Å². The lowest BCUT2D eigenvalue weighted by Crippen LogP contribution is -2.31. The van der Waals surface area contributed by atoms with Crippen LogP contribution < -0.4 is 18.5 Å². The van der Waals surface area contributed by atoms with Gasteiger partial charge in [-0.1, -0.05) is 36.4 Å². The molecular weight excluding hydrogens is 438 g/mol. The lowest BCUT2D eigenvalue weighted by molar-refractivity contribution is 0.159. The molecule has 172 valence electrons. The number of ether oxygens (including phenoxy) is 3. The third-order valence-electron chi connectivity index (χ3n) is 5.43. The summed E-state index contributed by atoms with van der Waals surface area (Å²) in [6.45, 7) is 4.11. The highest BCUT2D eigenvalue weighted by atomic mass is 32.2. The molecule has 0 amide bonds. The van der Waals surface area contributed by atoms with Crippen LogP contribution in [0.25, 0.3) is 6.08 Å². The predicted octanol–water partition coefficient (Wildman–Crippen LogP) is 5.28.